The second kappa shape index (κ2) is 8.84. The number of anilines is 2. The zero-order valence-electron chi connectivity index (χ0n) is 14.1. The van der Waals surface area contributed by atoms with Gasteiger partial charge >= 0.3 is 0 Å². The molecule has 0 saturated heterocycles. The Hall–Kier alpha value is -2.66. The third-order valence-corrected chi connectivity index (χ3v) is 3.58. The van der Waals surface area contributed by atoms with Gasteiger partial charge in [-0.15, -0.1) is 0 Å². The molecule has 5 nitrogen and oxygen atoms in total. The lowest BCUT2D eigenvalue weighted by atomic mass is 10.1. The predicted octanol–water partition coefficient (Wildman–Crippen LogP) is 2.90. The molecule has 0 heterocycles. The van der Waals surface area contributed by atoms with Gasteiger partial charge in [0, 0.05) is 24.0 Å². The smallest absolute Gasteiger partial charge is 0.258 e. The summed E-state index contributed by atoms with van der Waals surface area (Å²) < 4.78 is 0. The van der Waals surface area contributed by atoms with E-state index in [1.54, 1.807) is 36.2 Å². The van der Waals surface area contributed by atoms with Crippen LogP contribution >= 0.6 is 0 Å². The molecule has 0 saturated carbocycles. The first-order chi connectivity index (χ1) is 11.6. The van der Waals surface area contributed by atoms with Crippen molar-refractivity contribution in [1.82, 2.24) is 5.32 Å². The molecule has 2 amide bonds. The highest BCUT2D eigenvalue weighted by Crippen LogP contribution is 2.16. The molecule has 0 aliphatic heterocycles. The Morgan fingerprint density at radius 3 is 2.29 bits per heavy atom. The van der Waals surface area contributed by atoms with Crippen molar-refractivity contribution in [2.75, 3.05) is 30.4 Å². The molecule has 0 spiro atoms. The maximum Gasteiger partial charge on any atom is 0.258 e. The third kappa shape index (κ3) is 4.93. The normalized spacial score (nSPS) is 10.2. The number of hydrogen-bond donors (Lipinski definition) is 2. The highest BCUT2D eigenvalue weighted by molar-refractivity contribution is 6.06. The van der Waals surface area contributed by atoms with E-state index < -0.39 is 0 Å². The van der Waals surface area contributed by atoms with E-state index in [2.05, 4.69) is 10.6 Å². The Labute approximate surface area is 142 Å². The Balaban J connectivity index is 1.96. The average Bonchev–Trinajstić information content (AvgIpc) is 2.62. The van der Waals surface area contributed by atoms with Gasteiger partial charge in [0.25, 0.3) is 5.91 Å². The molecular weight excluding hydrogens is 302 g/mol. The Bertz CT molecular complexity index is 669. The van der Waals surface area contributed by atoms with Crippen molar-refractivity contribution in [2.45, 2.75) is 13.3 Å². The van der Waals surface area contributed by atoms with Crippen molar-refractivity contribution in [3.63, 3.8) is 0 Å². The minimum absolute atomic E-state index is 0.0936. The fourth-order valence-electron chi connectivity index (χ4n) is 2.24. The number of rotatable bonds is 7. The number of carbonyl (C=O) groups excluding carboxylic acids is 2. The fourth-order valence-corrected chi connectivity index (χ4v) is 2.24. The second-order valence-corrected chi connectivity index (χ2v) is 5.50. The van der Waals surface area contributed by atoms with E-state index in [-0.39, 0.29) is 18.4 Å². The van der Waals surface area contributed by atoms with Gasteiger partial charge in [0.15, 0.2) is 0 Å². The molecule has 2 aromatic carbocycles. The molecule has 0 aliphatic carbocycles. The van der Waals surface area contributed by atoms with Crippen LogP contribution in [0.15, 0.2) is 54.6 Å². The molecule has 2 N–H and O–H groups in total. The van der Waals surface area contributed by atoms with Crippen molar-refractivity contribution in [1.29, 1.82) is 0 Å². The molecular formula is C19H23N3O2. The number of hydrogen-bond acceptors (Lipinski definition) is 3. The minimum Gasteiger partial charge on any atom is -0.325 e. The van der Waals surface area contributed by atoms with Crippen LogP contribution in [-0.2, 0) is 4.79 Å². The van der Waals surface area contributed by atoms with E-state index in [9.17, 15) is 9.59 Å². The van der Waals surface area contributed by atoms with E-state index in [0.717, 1.165) is 18.7 Å². The van der Waals surface area contributed by atoms with Crippen molar-refractivity contribution in [3.8, 4) is 0 Å². The third-order valence-electron chi connectivity index (χ3n) is 3.58. The Kier molecular flexibility index (Phi) is 6.51. The number of amides is 2. The summed E-state index contributed by atoms with van der Waals surface area (Å²) in [6, 6.07) is 16.4. The number of para-hydroxylation sites is 1. The summed E-state index contributed by atoms with van der Waals surface area (Å²) in [6.45, 7) is 3.14. The first-order valence-electron chi connectivity index (χ1n) is 8.05. The molecule has 2 rings (SSSR count). The zero-order valence-corrected chi connectivity index (χ0v) is 14.1. The van der Waals surface area contributed by atoms with E-state index >= 15 is 0 Å². The number of nitrogens with zero attached hydrogens (tertiary/aromatic N) is 1. The first kappa shape index (κ1) is 17.7. The van der Waals surface area contributed by atoms with E-state index in [4.69, 9.17) is 0 Å². The largest absolute Gasteiger partial charge is 0.325 e. The number of carbonyl (C=O) groups is 2. The van der Waals surface area contributed by atoms with Crippen LogP contribution in [0.4, 0.5) is 11.4 Å². The average molecular weight is 325 g/mol. The van der Waals surface area contributed by atoms with Crippen molar-refractivity contribution < 1.29 is 9.59 Å². The van der Waals surface area contributed by atoms with E-state index in [0.29, 0.717) is 11.3 Å². The maximum atomic E-state index is 12.5. The van der Waals surface area contributed by atoms with Crippen molar-refractivity contribution in [3.05, 3.63) is 60.2 Å². The van der Waals surface area contributed by atoms with Crippen LogP contribution < -0.4 is 15.5 Å². The molecule has 2 aromatic rings. The van der Waals surface area contributed by atoms with Crippen LogP contribution in [-0.4, -0.2) is 32.0 Å². The van der Waals surface area contributed by atoms with Gasteiger partial charge in [-0.3, -0.25) is 9.59 Å². The van der Waals surface area contributed by atoms with Gasteiger partial charge in [-0.1, -0.05) is 25.1 Å². The lowest BCUT2D eigenvalue weighted by molar-refractivity contribution is -0.115. The van der Waals surface area contributed by atoms with Gasteiger partial charge in [-0.05, 0) is 49.4 Å². The lowest BCUT2D eigenvalue weighted by Crippen LogP contribution is -2.28. The van der Waals surface area contributed by atoms with Gasteiger partial charge in [-0.2, -0.15) is 0 Å². The highest BCUT2D eigenvalue weighted by atomic mass is 16.2. The molecule has 0 atom stereocenters. The molecule has 0 bridgehead atoms. The summed E-state index contributed by atoms with van der Waals surface area (Å²) >= 11 is 0. The van der Waals surface area contributed by atoms with Crippen LogP contribution in [0.1, 0.15) is 23.7 Å². The lowest BCUT2D eigenvalue weighted by Gasteiger charge is -2.17. The predicted molar refractivity (Wildman–Crippen MR) is 97.4 cm³/mol. The van der Waals surface area contributed by atoms with Gasteiger partial charge in [0.1, 0.15) is 0 Å². The van der Waals surface area contributed by atoms with Gasteiger partial charge in [0.2, 0.25) is 5.91 Å². The Morgan fingerprint density at radius 1 is 1.00 bits per heavy atom. The van der Waals surface area contributed by atoms with Crippen LogP contribution in [0, 0.1) is 0 Å². The molecule has 126 valence electrons. The highest BCUT2D eigenvalue weighted by Gasteiger charge is 2.13. The molecule has 0 aliphatic rings. The molecule has 5 heteroatoms. The molecule has 0 aromatic heterocycles. The van der Waals surface area contributed by atoms with Crippen LogP contribution in [0.5, 0.6) is 0 Å². The maximum absolute atomic E-state index is 12.5. The molecule has 0 radical (unpaired) electrons. The molecule has 24 heavy (non-hydrogen) atoms. The Morgan fingerprint density at radius 2 is 1.67 bits per heavy atom. The van der Waals surface area contributed by atoms with Crippen molar-refractivity contribution in [2.24, 2.45) is 0 Å². The summed E-state index contributed by atoms with van der Waals surface area (Å²) in [6.07, 6.45) is 0.985. The summed E-state index contributed by atoms with van der Waals surface area (Å²) in [4.78, 5) is 25.8. The second-order valence-electron chi connectivity index (χ2n) is 5.50. The van der Waals surface area contributed by atoms with Gasteiger partial charge in [-0.25, -0.2) is 0 Å². The summed E-state index contributed by atoms with van der Waals surface area (Å²) in [7, 11) is 1.74. The summed E-state index contributed by atoms with van der Waals surface area (Å²) in [5.41, 5.74) is 2.09. The number of benzene rings is 2. The SMILES string of the molecule is CCCNCC(=O)Nc1ccc(C(=O)N(C)c2ccccc2)cc1. The van der Waals surface area contributed by atoms with E-state index in [1.165, 1.54) is 0 Å². The van der Waals surface area contributed by atoms with Gasteiger partial charge < -0.3 is 15.5 Å². The van der Waals surface area contributed by atoms with Crippen LogP contribution in [0.3, 0.4) is 0 Å². The monoisotopic (exact) mass is 325 g/mol. The van der Waals surface area contributed by atoms with E-state index in [1.807, 2.05) is 37.3 Å². The first-order valence-corrected chi connectivity index (χ1v) is 8.05. The summed E-state index contributed by atoms with van der Waals surface area (Å²) in [5, 5.41) is 5.85. The quantitative estimate of drug-likeness (QED) is 0.770. The standard InChI is InChI=1S/C19H23N3O2/c1-3-13-20-14-18(23)21-16-11-9-15(10-12-16)19(24)22(2)17-7-5-4-6-8-17/h4-12,20H,3,13-14H2,1-2H3,(H,21,23). The minimum atomic E-state index is -0.0938. The fraction of sp³-hybridized carbons (Fsp3) is 0.263. The van der Waals surface area contributed by atoms with Crippen LogP contribution in [0.2, 0.25) is 0 Å². The zero-order chi connectivity index (χ0) is 17.4. The number of nitrogens with one attached hydrogen (secondary N) is 2. The summed E-state index contributed by atoms with van der Waals surface area (Å²) in [5.74, 6) is -0.187. The molecule has 0 fully saturated rings. The van der Waals surface area contributed by atoms with Crippen LogP contribution in [0.25, 0.3) is 0 Å². The van der Waals surface area contributed by atoms with Gasteiger partial charge in [0.05, 0.1) is 6.54 Å². The molecule has 0 unspecified atom stereocenters. The topological polar surface area (TPSA) is 61.4 Å². The van der Waals surface area contributed by atoms with Crippen molar-refractivity contribution >= 4 is 23.2 Å².